The normalized spacial score (nSPS) is 12.2. The SMILES string of the molecule is CC[C@@H](CO)NC(=O)c1ccc(Cl)cc1. The van der Waals surface area contributed by atoms with Gasteiger partial charge in [0.1, 0.15) is 0 Å². The summed E-state index contributed by atoms with van der Waals surface area (Å²) in [5.74, 6) is -0.187. The molecule has 0 aromatic heterocycles. The van der Waals surface area contributed by atoms with Crippen LogP contribution in [-0.2, 0) is 0 Å². The lowest BCUT2D eigenvalue weighted by molar-refractivity contribution is 0.0915. The molecule has 3 nitrogen and oxygen atoms in total. The van der Waals surface area contributed by atoms with Crippen LogP contribution in [0, 0.1) is 0 Å². The molecule has 0 unspecified atom stereocenters. The number of halogens is 1. The molecule has 0 saturated carbocycles. The second-order valence-electron chi connectivity index (χ2n) is 3.27. The molecule has 1 amide bonds. The molecule has 1 atom stereocenters. The Hall–Kier alpha value is -1.06. The van der Waals surface area contributed by atoms with Gasteiger partial charge >= 0.3 is 0 Å². The average Bonchev–Trinajstić information content (AvgIpc) is 2.26. The first-order chi connectivity index (χ1) is 7.17. The molecule has 15 heavy (non-hydrogen) atoms. The number of carbonyl (C=O) groups excluding carboxylic acids is 1. The average molecular weight is 228 g/mol. The van der Waals surface area contributed by atoms with Crippen LogP contribution in [0.2, 0.25) is 5.02 Å². The van der Waals surface area contributed by atoms with Gasteiger partial charge in [-0.05, 0) is 30.7 Å². The fourth-order valence-electron chi connectivity index (χ4n) is 1.15. The van der Waals surface area contributed by atoms with Gasteiger partial charge in [0, 0.05) is 10.6 Å². The molecule has 1 aromatic carbocycles. The van der Waals surface area contributed by atoms with Gasteiger partial charge in [-0.25, -0.2) is 0 Å². The van der Waals surface area contributed by atoms with Crippen molar-refractivity contribution in [3.63, 3.8) is 0 Å². The quantitative estimate of drug-likeness (QED) is 0.825. The molecule has 0 bridgehead atoms. The highest BCUT2D eigenvalue weighted by Gasteiger charge is 2.10. The number of aliphatic hydroxyl groups excluding tert-OH is 1. The summed E-state index contributed by atoms with van der Waals surface area (Å²) in [5, 5.41) is 12.2. The third-order valence-electron chi connectivity index (χ3n) is 2.15. The van der Waals surface area contributed by atoms with Gasteiger partial charge in [0.25, 0.3) is 5.91 Å². The minimum absolute atomic E-state index is 0.0458. The van der Waals surface area contributed by atoms with Crippen molar-refractivity contribution < 1.29 is 9.90 Å². The number of nitrogens with one attached hydrogen (secondary N) is 1. The van der Waals surface area contributed by atoms with Gasteiger partial charge in [-0.1, -0.05) is 18.5 Å². The maximum Gasteiger partial charge on any atom is 0.251 e. The second kappa shape index (κ2) is 5.73. The summed E-state index contributed by atoms with van der Waals surface area (Å²) in [6.07, 6.45) is 0.704. The first-order valence-corrected chi connectivity index (χ1v) is 5.22. The summed E-state index contributed by atoms with van der Waals surface area (Å²) < 4.78 is 0. The van der Waals surface area contributed by atoms with Crippen molar-refractivity contribution in [2.45, 2.75) is 19.4 Å². The zero-order valence-electron chi connectivity index (χ0n) is 8.53. The van der Waals surface area contributed by atoms with Crippen LogP contribution in [-0.4, -0.2) is 23.7 Å². The summed E-state index contributed by atoms with van der Waals surface area (Å²) in [6.45, 7) is 1.86. The molecule has 0 radical (unpaired) electrons. The lowest BCUT2D eigenvalue weighted by Crippen LogP contribution is -2.36. The van der Waals surface area contributed by atoms with E-state index in [1.807, 2.05) is 6.92 Å². The Morgan fingerprint density at radius 3 is 2.53 bits per heavy atom. The lowest BCUT2D eigenvalue weighted by atomic mass is 10.2. The van der Waals surface area contributed by atoms with Crippen LogP contribution in [0.3, 0.4) is 0 Å². The number of rotatable bonds is 4. The van der Waals surface area contributed by atoms with E-state index < -0.39 is 0 Å². The molecule has 1 rings (SSSR count). The van der Waals surface area contributed by atoms with E-state index in [2.05, 4.69) is 5.32 Å². The van der Waals surface area contributed by atoms with Crippen molar-refractivity contribution >= 4 is 17.5 Å². The van der Waals surface area contributed by atoms with Crippen LogP contribution >= 0.6 is 11.6 Å². The molecule has 0 spiro atoms. The predicted molar refractivity (Wildman–Crippen MR) is 60.1 cm³/mol. The largest absolute Gasteiger partial charge is 0.394 e. The topological polar surface area (TPSA) is 49.3 Å². The summed E-state index contributed by atoms with van der Waals surface area (Å²) in [4.78, 5) is 11.6. The molecular formula is C11H14ClNO2. The third kappa shape index (κ3) is 3.53. The molecule has 82 valence electrons. The summed E-state index contributed by atoms with van der Waals surface area (Å²) in [5.41, 5.74) is 0.548. The molecule has 1 aromatic rings. The van der Waals surface area contributed by atoms with Gasteiger partial charge in [-0.3, -0.25) is 4.79 Å². The van der Waals surface area contributed by atoms with Crippen LogP contribution in [0.15, 0.2) is 24.3 Å². The molecule has 4 heteroatoms. The zero-order chi connectivity index (χ0) is 11.3. The highest BCUT2D eigenvalue weighted by atomic mass is 35.5. The minimum Gasteiger partial charge on any atom is -0.394 e. The maximum absolute atomic E-state index is 11.6. The summed E-state index contributed by atoms with van der Waals surface area (Å²) in [6, 6.07) is 6.45. The number of amides is 1. The monoisotopic (exact) mass is 227 g/mol. The second-order valence-corrected chi connectivity index (χ2v) is 3.70. The van der Waals surface area contributed by atoms with Crippen LogP contribution in [0.4, 0.5) is 0 Å². The standard InChI is InChI=1S/C11H14ClNO2/c1-2-10(7-14)13-11(15)8-3-5-9(12)6-4-8/h3-6,10,14H,2,7H2,1H3,(H,13,15)/t10-/m0/s1. The van der Waals surface area contributed by atoms with Gasteiger partial charge in [0.15, 0.2) is 0 Å². The van der Waals surface area contributed by atoms with Crippen LogP contribution < -0.4 is 5.32 Å². The Balaban J connectivity index is 2.64. The van der Waals surface area contributed by atoms with Gasteiger partial charge in [-0.15, -0.1) is 0 Å². The Morgan fingerprint density at radius 2 is 2.07 bits per heavy atom. The molecule has 0 heterocycles. The van der Waals surface area contributed by atoms with Gasteiger partial charge in [0.2, 0.25) is 0 Å². The number of aliphatic hydroxyl groups is 1. The van der Waals surface area contributed by atoms with Crippen molar-refractivity contribution in [1.82, 2.24) is 5.32 Å². The number of hydrogen-bond acceptors (Lipinski definition) is 2. The Labute approximate surface area is 94.1 Å². The van der Waals surface area contributed by atoms with Crippen LogP contribution in [0.25, 0.3) is 0 Å². The molecule has 0 aliphatic heterocycles. The molecule has 0 fully saturated rings. The smallest absolute Gasteiger partial charge is 0.251 e. The Kier molecular flexibility index (Phi) is 4.59. The third-order valence-corrected chi connectivity index (χ3v) is 2.41. The van der Waals surface area contributed by atoms with Crippen LogP contribution in [0.1, 0.15) is 23.7 Å². The van der Waals surface area contributed by atoms with E-state index in [4.69, 9.17) is 16.7 Å². The van der Waals surface area contributed by atoms with Crippen molar-refractivity contribution in [1.29, 1.82) is 0 Å². The van der Waals surface area contributed by atoms with Crippen molar-refractivity contribution in [2.75, 3.05) is 6.61 Å². The molecule has 2 N–H and O–H groups in total. The predicted octanol–water partition coefficient (Wildman–Crippen LogP) is 1.84. The molecule has 0 aliphatic rings. The number of hydrogen-bond donors (Lipinski definition) is 2. The lowest BCUT2D eigenvalue weighted by Gasteiger charge is -2.13. The van der Waals surface area contributed by atoms with E-state index in [-0.39, 0.29) is 18.6 Å². The number of benzene rings is 1. The highest BCUT2D eigenvalue weighted by Crippen LogP contribution is 2.09. The Bertz CT molecular complexity index is 320. The van der Waals surface area contributed by atoms with E-state index in [0.717, 1.165) is 0 Å². The first-order valence-electron chi connectivity index (χ1n) is 4.84. The van der Waals surface area contributed by atoms with Gasteiger partial charge in [-0.2, -0.15) is 0 Å². The first kappa shape index (κ1) is 12.0. The minimum atomic E-state index is -0.187. The van der Waals surface area contributed by atoms with E-state index in [1.54, 1.807) is 24.3 Å². The fraction of sp³-hybridized carbons (Fsp3) is 0.364. The van der Waals surface area contributed by atoms with Gasteiger partial charge < -0.3 is 10.4 Å². The summed E-state index contributed by atoms with van der Waals surface area (Å²) >= 11 is 5.70. The van der Waals surface area contributed by atoms with Crippen molar-refractivity contribution in [2.24, 2.45) is 0 Å². The maximum atomic E-state index is 11.6. The zero-order valence-corrected chi connectivity index (χ0v) is 9.29. The van der Waals surface area contributed by atoms with Crippen LogP contribution in [0.5, 0.6) is 0 Å². The van der Waals surface area contributed by atoms with E-state index in [9.17, 15) is 4.79 Å². The molecule has 0 aliphatic carbocycles. The van der Waals surface area contributed by atoms with Gasteiger partial charge in [0.05, 0.1) is 12.6 Å². The fourth-order valence-corrected chi connectivity index (χ4v) is 1.27. The Morgan fingerprint density at radius 1 is 1.47 bits per heavy atom. The molecule has 0 saturated heterocycles. The van der Waals surface area contributed by atoms with E-state index >= 15 is 0 Å². The van der Waals surface area contributed by atoms with Crippen molar-refractivity contribution in [3.8, 4) is 0 Å². The highest BCUT2D eigenvalue weighted by molar-refractivity contribution is 6.30. The van der Waals surface area contributed by atoms with E-state index in [0.29, 0.717) is 17.0 Å². The van der Waals surface area contributed by atoms with Crippen molar-refractivity contribution in [3.05, 3.63) is 34.9 Å². The number of carbonyl (C=O) groups is 1. The molecular weight excluding hydrogens is 214 g/mol. The van der Waals surface area contributed by atoms with E-state index in [1.165, 1.54) is 0 Å². The summed E-state index contributed by atoms with van der Waals surface area (Å²) in [7, 11) is 0.